The summed E-state index contributed by atoms with van der Waals surface area (Å²) in [5, 5.41) is 14.0. The van der Waals surface area contributed by atoms with Crippen molar-refractivity contribution in [2.75, 3.05) is 11.1 Å². The zero-order valence-electron chi connectivity index (χ0n) is 13.8. The van der Waals surface area contributed by atoms with Gasteiger partial charge in [-0.25, -0.2) is 4.68 Å². The van der Waals surface area contributed by atoms with Crippen molar-refractivity contribution >= 4 is 23.4 Å². The van der Waals surface area contributed by atoms with Crippen molar-refractivity contribution in [3.05, 3.63) is 65.7 Å². The van der Waals surface area contributed by atoms with Crippen LogP contribution in [0.3, 0.4) is 0 Å². The van der Waals surface area contributed by atoms with Gasteiger partial charge in [-0.15, -0.1) is 5.10 Å². The van der Waals surface area contributed by atoms with E-state index in [0.717, 1.165) is 23.4 Å². The fourth-order valence-corrected chi connectivity index (χ4v) is 2.99. The number of aromatic nitrogens is 4. The van der Waals surface area contributed by atoms with Crippen LogP contribution in [0.5, 0.6) is 0 Å². The molecule has 1 heterocycles. The second-order valence-corrected chi connectivity index (χ2v) is 6.43. The molecule has 1 aromatic heterocycles. The van der Waals surface area contributed by atoms with Crippen LogP contribution in [0.15, 0.2) is 59.8 Å². The van der Waals surface area contributed by atoms with Crippen LogP contribution in [0.25, 0.3) is 0 Å². The number of alkyl halides is 3. The summed E-state index contributed by atoms with van der Waals surface area (Å²) in [5.74, 6) is -0.701. The first-order valence-corrected chi connectivity index (χ1v) is 8.81. The predicted molar refractivity (Wildman–Crippen MR) is 94.2 cm³/mol. The first-order valence-electron chi connectivity index (χ1n) is 7.82. The van der Waals surface area contributed by atoms with E-state index in [1.807, 2.05) is 30.3 Å². The molecule has 0 aliphatic rings. The van der Waals surface area contributed by atoms with Gasteiger partial charge in [-0.2, -0.15) is 13.2 Å². The highest BCUT2D eigenvalue weighted by Gasteiger charge is 2.33. The van der Waals surface area contributed by atoms with E-state index in [-0.39, 0.29) is 11.4 Å². The number of carbonyl (C=O) groups is 1. The molecule has 0 bridgehead atoms. The molecule has 6 nitrogen and oxygen atoms in total. The van der Waals surface area contributed by atoms with E-state index in [1.165, 1.54) is 22.9 Å². The van der Waals surface area contributed by atoms with Crippen molar-refractivity contribution in [2.45, 2.75) is 17.9 Å². The highest BCUT2D eigenvalue weighted by molar-refractivity contribution is 7.99. The molecule has 2 aromatic carbocycles. The SMILES string of the molecule is O=C(CSc1nnnn1Cc1ccccc1)Nc1ccccc1C(F)(F)F. The quantitative estimate of drug-likeness (QED) is 0.650. The van der Waals surface area contributed by atoms with Crippen LogP contribution < -0.4 is 5.32 Å². The van der Waals surface area contributed by atoms with Crippen molar-refractivity contribution in [1.29, 1.82) is 0 Å². The number of anilines is 1. The Labute approximate surface area is 156 Å². The minimum Gasteiger partial charge on any atom is -0.325 e. The van der Waals surface area contributed by atoms with E-state index in [0.29, 0.717) is 11.7 Å². The first-order chi connectivity index (χ1) is 12.9. The third-order valence-corrected chi connectivity index (χ3v) is 4.47. The van der Waals surface area contributed by atoms with Crippen LogP contribution in [0.2, 0.25) is 0 Å². The van der Waals surface area contributed by atoms with Crippen LogP contribution in [0.4, 0.5) is 18.9 Å². The van der Waals surface area contributed by atoms with E-state index in [1.54, 1.807) is 0 Å². The molecule has 3 aromatic rings. The molecule has 27 heavy (non-hydrogen) atoms. The molecular weight excluding hydrogens is 379 g/mol. The number of para-hydroxylation sites is 1. The Morgan fingerprint density at radius 2 is 1.78 bits per heavy atom. The first kappa shape index (κ1) is 18.9. The van der Waals surface area contributed by atoms with Gasteiger partial charge in [0.05, 0.1) is 23.5 Å². The van der Waals surface area contributed by atoms with Gasteiger partial charge in [0, 0.05) is 0 Å². The summed E-state index contributed by atoms with van der Waals surface area (Å²) in [7, 11) is 0. The minimum atomic E-state index is -4.54. The van der Waals surface area contributed by atoms with Crippen molar-refractivity contribution in [1.82, 2.24) is 20.2 Å². The van der Waals surface area contributed by atoms with Gasteiger partial charge in [-0.3, -0.25) is 4.79 Å². The van der Waals surface area contributed by atoms with E-state index < -0.39 is 17.6 Å². The summed E-state index contributed by atoms with van der Waals surface area (Å²) in [6, 6.07) is 14.3. The average molecular weight is 393 g/mol. The van der Waals surface area contributed by atoms with Crippen LogP contribution in [0.1, 0.15) is 11.1 Å². The number of halogens is 3. The van der Waals surface area contributed by atoms with Crippen LogP contribution in [-0.2, 0) is 17.5 Å². The molecule has 140 valence electrons. The van der Waals surface area contributed by atoms with Crippen molar-refractivity contribution in [2.24, 2.45) is 0 Å². The third-order valence-electron chi connectivity index (χ3n) is 3.51. The van der Waals surface area contributed by atoms with Gasteiger partial charge in [-0.05, 0) is 28.1 Å². The summed E-state index contributed by atoms with van der Waals surface area (Å²) >= 11 is 1.05. The Balaban J connectivity index is 1.62. The number of nitrogens with zero attached hydrogens (tertiary/aromatic N) is 4. The number of hydrogen-bond acceptors (Lipinski definition) is 5. The number of benzene rings is 2. The zero-order chi connectivity index (χ0) is 19.3. The maximum atomic E-state index is 13.0. The minimum absolute atomic E-state index is 0.124. The Morgan fingerprint density at radius 3 is 2.52 bits per heavy atom. The smallest absolute Gasteiger partial charge is 0.325 e. The summed E-state index contributed by atoms with van der Waals surface area (Å²) in [6.45, 7) is 0.425. The lowest BCUT2D eigenvalue weighted by atomic mass is 10.1. The molecule has 3 rings (SSSR count). The van der Waals surface area contributed by atoms with Crippen molar-refractivity contribution in [3.8, 4) is 0 Å². The van der Waals surface area contributed by atoms with Gasteiger partial charge in [0.1, 0.15) is 0 Å². The fourth-order valence-electron chi connectivity index (χ4n) is 2.31. The van der Waals surface area contributed by atoms with Gasteiger partial charge < -0.3 is 5.32 Å². The number of nitrogens with one attached hydrogen (secondary N) is 1. The lowest BCUT2D eigenvalue weighted by molar-refractivity contribution is -0.137. The highest BCUT2D eigenvalue weighted by Crippen LogP contribution is 2.34. The molecule has 1 amide bonds. The second kappa shape index (κ2) is 8.21. The van der Waals surface area contributed by atoms with Gasteiger partial charge >= 0.3 is 6.18 Å². The van der Waals surface area contributed by atoms with Crippen LogP contribution in [0, 0.1) is 0 Å². The topological polar surface area (TPSA) is 72.7 Å². The molecule has 0 radical (unpaired) electrons. The largest absolute Gasteiger partial charge is 0.418 e. The summed E-state index contributed by atoms with van der Waals surface area (Å²) < 4.78 is 40.5. The van der Waals surface area contributed by atoms with Crippen molar-refractivity contribution < 1.29 is 18.0 Å². The number of rotatable bonds is 6. The summed E-state index contributed by atoms with van der Waals surface area (Å²) in [6.07, 6.45) is -4.54. The third kappa shape index (κ3) is 5.07. The molecule has 0 unspecified atom stereocenters. The van der Waals surface area contributed by atoms with Gasteiger partial charge in [0.25, 0.3) is 0 Å². The molecular formula is C17H14F3N5OS. The van der Waals surface area contributed by atoms with Gasteiger partial charge in [0.2, 0.25) is 11.1 Å². The standard InChI is InChI=1S/C17H14F3N5OS/c18-17(19,20)13-8-4-5-9-14(13)21-15(26)11-27-16-22-23-24-25(16)10-12-6-2-1-3-7-12/h1-9H,10-11H2,(H,21,26). The zero-order valence-corrected chi connectivity index (χ0v) is 14.7. The second-order valence-electron chi connectivity index (χ2n) is 5.48. The van der Waals surface area contributed by atoms with Crippen molar-refractivity contribution in [3.63, 3.8) is 0 Å². The number of thioether (sulfide) groups is 1. The number of hydrogen-bond donors (Lipinski definition) is 1. The molecule has 0 aliphatic carbocycles. The lowest BCUT2D eigenvalue weighted by Crippen LogP contribution is -2.18. The molecule has 1 N–H and O–H groups in total. The van der Waals surface area contributed by atoms with E-state index in [4.69, 9.17) is 0 Å². The molecule has 10 heteroatoms. The van der Waals surface area contributed by atoms with Gasteiger partial charge in [0.15, 0.2) is 0 Å². The lowest BCUT2D eigenvalue weighted by Gasteiger charge is -2.13. The molecule has 0 fully saturated rings. The Kier molecular flexibility index (Phi) is 5.75. The summed E-state index contributed by atoms with van der Waals surface area (Å²) in [4.78, 5) is 12.1. The number of tetrazole rings is 1. The number of carbonyl (C=O) groups excluding carboxylic acids is 1. The Bertz CT molecular complexity index is 914. The average Bonchev–Trinajstić information content (AvgIpc) is 3.07. The van der Waals surface area contributed by atoms with Gasteiger partial charge in [-0.1, -0.05) is 54.2 Å². The van der Waals surface area contributed by atoms with Crippen LogP contribution >= 0.6 is 11.8 Å². The Hall–Kier alpha value is -2.88. The predicted octanol–water partition coefficient (Wildman–Crippen LogP) is 3.47. The molecule has 0 aliphatic heterocycles. The maximum Gasteiger partial charge on any atom is 0.418 e. The normalized spacial score (nSPS) is 11.4. The Morgan fingerprint density at radius 1 is 1.07 bits per heavy atom. The highest BCUT2D eigenvalue weighted by atomic mass is 32.2. The number of amides is 1. The molecule has 0 saturated heterocycles. The monoisotopic (exact) mass is 393 g/mol. The van der Waals surface area contributed by atoms with E-state index in [2.05, 4.69) is 20.8 Å². The van der Waals surface area contributed by atoms with E-state index in [9.17, 15) is 18.0 Å². The maximum absolute atomic E-state index is 13.0. The molecule has 0 saturated carbocycles. The van der Waals surface area contributed by atoms with Crippen LogP contribution in [-0.4, -0.2) is 31.9 Å². The van der Waals surface area contributed by atoms with E-state index >= 15 is 0 Å². The fraction of sp³-hybridized carbons (Fsp3) is 0.176. The molecule has 0 spiro atoms. The molecule has 0 atom stereocenters. The summed E-state index contributed by atoms with van der Waals surface area (Å²) in [5.41, 5.74) is -0.188.